The number of nitrogens with zero attached hydrogens (tertiary/aromatic N) is 1. The third-order valence-corrected chi connectivity index (χ3v) is 6.53. The first-order valence-corrected chi connectivity index (χ1v) is 11.9. The van der Waals surface area contributed by atoms with Crippen molar-refractivity contribution in [3.8, 4) is 11.1 Å². The Morgan fingerprint density at radius 2 is 1.60 bits per heavy atom. The second-order valence-electron chi connectivity index (χ2n) is 9.65. The SMILES string of the molecule is CCC(C)(C)COC(=O)Nc1ccc(-c2ccc(C3CCC(c4c(F)cccc4F)=N3)cc2)cc1. The number of halogens is 2. The van der Waals surface area contributed by atoms with Crippen molar-refractivity contribution in [3.05, 3.63) is 89.5 Å². The molecule has 1 heterocycles. The summed E-state index contributed by atoms with van der Waals surface area (Å²) in [4.78, 5) is 16.7. The van der Waals surface area contributed by atoms with Crippen LogP contribution in [0.15, 0.2) is 71.7 Å². The van der Waals surface area contributed by atoms with E-state index in [0.717, 1.165) is 23.1 Å². The molecule has 35 heavy (non-hydrogen) atoms. The fourth-order valence-corrected chi connectivity index (χ4v) is 3.96. The molecule has 4 nitrogen and oxygen atoms in total. The van der Waals surface area contributed by atoms with Gasteiger partial charge in [0.2, 0.25) is 0 Å². The highest BCUT2D eigenvalue weighted by Gasteiger charge is 2.24. The molecule has 1 unspecified atom stereocenters. The van der Waals surface area contributed by atoms with Gasteiger partial charge in [-0.3, -0.25) is 10.3 Å². The number of nitrogens with one attached hydrogen (secondary N) is 1. The molecule has 0 aromatic heterocycles. The standard InChI is InChI=1S/C29H30F2N2O2/c1-4-29(2,3)18-35-28(34)32-22-14-12-20(13-15-22)19-8-10-21(11-9-19)25-16-17-26(33-25)27-23(30)6-5-7-24(27)31/h5-15,25H,4,16-18H2,1-3H3,(H,32,34). The third kappa shape index (κ3) is 5.94. The summed E-state index contributed by atoms with van der Waals surface area (Å²) in [6.07, 6.45) is 1.72. The molecule has 0 radical (unpaired) electrons. The molecule has 1 N–H and O–H groups in total. The molecule has 4 rings (SSSR count). The van der Waals surface area contributed by atoms with Gasteiger partial charge in [-0.1, -0.05) is 63.2 Å². The third-order valence-electron chi connectivity index (χ3n) is 6.53. The fraction of sp³-hybridized carbons (Fsp3) is 0.310. The van der Waals surface area contributed by atoms with Gasteiger partial charge in [0.15, 0.2) is 0 Å². The monoisotopic (exact) mass is 476 g/mol. The Balaban J connectivity index is 1.39. The van der Waals surface area contributed by atoms with Crippen LogP contribution in [0.2, 0.25) is 0 Å². The molecule has 6 heteroatoms. The van der Waals surface area contributed by atoms with Gasteiger partial charge in [-0.2, -0.15) is 0 Å². The molecule has 1 amide bonds. The maximum Gasteiger partial charge on any atom is 0.411 e. The lowest BCUT2D eigenvalue weighted by Crippen LogP contribution is -2.23. The van der Waals surface area contributed by atoms with Crippen molar-refractivity contribution in [1.82, 2.24) is 0 Å². The van der Waals surface area contributed by atoms with Crippen LogP contribution in [0.5, 0.6) is 0 Å². The molecule has 3 aromatic carbocycles. The maximum atomic E-state index is 14.1. The summed E-state index contributed by atoms with van der Waals surface area (Å²) >= 11 is 0. The van der Waals surface area contributed by atoms with Crippen molar-refractivity contribution < 1.29 is 18.3 Å². The predicted molar refractivity (Wildman–Crippen MR) is 136 cm³/mol. The molecule has 1 atom stereocenters. The number of ether oxygens (including phenoxy) is 1. The summed E-state index contributed by atoms with van der Waals surface area (Å²) in [6, 6.07) is 19.4. The van der Waals surface area contributed by atoms with E-state index >= 15 is 0 Å². The summed E-state index contributed by atoms with van der Waals surface area (Å²) in [6.45, 7) is 6.54. The van der Waals surface area contributed by atoms with E-state index in [4.69, 9.17) is 4.74 Å². The average Bonchev–Trinajstić information content (AvgIpc) is 3.33. The lowest BCUT2D eigenvalue weighted by atomic mass is 9.92. The number of hydrogen-bond donors (Lipinski definition) is 1. The minimum atomic E-state index is -0.573. The molecule has 0 fully saturated rings. The van der Waals surface area contributed by atoms with Gasteiger partial charge in [-0.25, -0.2) is 13.6 Å². The summed E-state index contributed by atoms with van der Waals surface area (Å²) < 4.78 is 33.6. The molecule has 0 saturated carbocycles. The van der Waals surface area contributed by atoms with Gasteiger partial charge in [0.1, 0.15) is 11.6 Å². The Morgan fingerprint density at radius 1 is 1.00 bits per heavy atom. The van der Waals surface area contributed by atoms with Gasteiger partial charge in [-0.15, -0.1) is 0 Å². The second kappa shape index (κ2) is 10.4. The number of carbonyl (C=O) groups excluding carboxylic acids is 1. The second-order valence-corrected chi connectivity index (χ2v) is 9.65. The van der Waals surface area contributed by atoms with Gasteiger partial charge < -0.3 is 4.74 Å². The Kier molecular flexibility index (Phi) is 7.29. The maximum absolute atomic E-state index is 14.1. The molecule has 0 spiro atoms. The minimum absolute atomic E-state index is 0.0155. The van der Waals surface area contributed by atoms with E-state index in [9.17, 15) is 13.6 Å². The Hall–Kier alpha value is -3.54. The van der Waals surface area contributed by atoms with Crippen molar-refractivity contribution in [3.63, 3.8) is 0 Å². The van der Waals surface area contributed by atoms with E-state index < -0.39 is 17.7 Å². The zero-order valence-corrected chi connectivity index (χ0v) is 20.3. The Morgan fingerprint density at radius 3 is 2.20 bits per heavy atom. The first-order chi connectivity index (χ1) is 16.8. The normalized spacial score (nSPS) is 15.6. The lowest BCUT2D eigenvalue weighted by molar-refractivity contribution is 0.108. The van der Waals surface area contributed by atoms with Crippen molar-refractivity contribution in [2.24, 2.45) is 10.4 Å². The van der Waals surface area contributed by atoms with Crippen LogP contribution in [0.1, 0.15) is 57.2 Å². The molecule has 0 bridgehead atoms. The fourth-order valence-electron chi connectivity index (χ4n) is 3.96. The molecule has 182 valence electrons. The van der Waals surface area contributed by atoms with Gasteiger partial charge in [0.25, 0.3) is 0 Å². The lowest BCUT2D eigenvalue weighted by Gasteiger charge is -2.21. The van der Waals surface area contributed by atoms with Crippen LogP contribution in [0.25, 0.3) is 11.1 Å². The summed E-state index contributed by atoms with van der Waals surface area (Å²) in [7, 11) is 0. The highest BCUT2D eigenvalue weighted by molar-refractivity contribution is 6.02. The zero-order chi connectivity index (χ0) is 25.0. The van der Waals surface area contributed by atoms with Gasteiger partial charge in [-0.05, 0) is 65.6 Å². The summed E-state index contributed by atoms with van der Waals surface area (Å²) in [5, 5.41) is 2.76. The highest BCUT2D eigenvalue weighted by Crippen LogP contribution is 2.33. The van der Waals surface area contributed by atoms with Crippen LogP contribution in [0, 0.1) is 17.0 Å². The molecule has 1 aliphatic rings. The summed E-state index contributed by atoms with van der Waals surface area (Å²) in [5.74, 6) is -1.15. The van der Waals surface area contributed by atoms with Crippen molar-refractivity contribution >= 4 is 17.5 Å². The first-order valence-electron chi connectivity index (χ1n) is 11.9. The van der Waals surface area contributed by atoms with Crippen LogP contribution in [-0.4, -0.2) is 18.4 Å². The number of benzene rings is 3. The van der Waals surface area contributed by atoms with E-state index in [2.05, 4.69) is 31.1 Å². The van der Waals surface area contributed by atoms with Crippen molar-refractivity contribution in [2.45, 2.75) is 46.1 Å². The molecule has 1 aliphatic heterocycles. The molecule has 0 aliphatic carbocycles. The zero-order valence-electron chi connectivity index (χ0n) is 20.3. The first kappa shape index (κ1) is 24.6. The number of carbonyl (C=O) groups is 1. The smallest absolute Gasteiger partial charge is 0.411 e. The molecule has 0 saturated heterocycles. The quantitative estimate of drug-likeness (QED) is 0.376. The van der Waals surface area contributed by atoms with E-state index in [1.807, 2.05) is 48.5 Å². The molecular weight excluding hydrogens is 446 g/mol. The largest absolute Gasteiger partial charge is 0.449 e. The Bertz CT molecular complexity index is 1200. The average molecular weight is 477 g/mol. The predicted octanol–water partition coefficient (Wildman–Crippen LogP) is 7.94. The number of aliphatic imine (C=N–C) groups is 1. The van der Waals surface area contributed by atoms with Crippen LogP contribution >= 0.6 is 0 Å². The summed E-state index contributed by atoms with van der Waals surface area (Å²) in [5.41, 5.74) is 4.12. The van der Waals surface area contributed by atoms with Gasteiger partial charge in [0, 0.05) is 11.4 Å². The van der Waals surface area contributed by atoms with E-state index in [-0.39, 0.29) is 17.0 Å². The minimum Gasteiger partial charge on any atom is -0.449 e. The van der Waals surface area contributed by atoms with Crippen LogP contribution < -0.4 is 5.32 Å². The van der Waals surface area contributed by atoms with Crippen molar-refractivity contribution in [1.29, 1.82) is 0 Å². The van der Waals surface area contributed by atoms with Crippen molar-refractivity contribution in [2.75, 3.05) is 11.9 Å². The molecule has 3 aromatic rings. The number of amides is 1. The van der Waals surface area contributed by atoms with E-state index in [1.165, 1.54) is 18.2 Å². The number of hydrogen-bond acceptors (Lipinski definition) is 3. The van der Waals surface area contributed by atoms with Crippen LogP contribution in [0.3, 0.4) is 0 Å². The van der Waals surface area contributed by atoms with Gasteiger partial charge >= 0.3 is 6.09 Å². The number of rotatable bonds is 7. The highest BCUT2D eigenvalue weighted by atomic mass is 19.1. The van der Waals surface area contributed by atoms with Gasteiger partial charge in [0.05, 0.1) is 18.2 Å². The Labute approximate surface area is 205 Å². The van der Waals surface area contributed by atoms with E-state index in [1.54, 1.807) is 0 Å². The van der Waals surface area contributed by atoms with E-state index in [0.29, 0.717) is 30.8 Å². The number of anilines is 1. The van der Waals surface area contributed by atoms with Crippen LogP contribution in [-0.2, 0) is 4.74 Å². The topological polar surface area (TPSA) is 50.7 Å². The van der Waals surface area contributed by atoms with Crippen LogP contribution in [0.4, 0.5) is 19.3 Å². The molecular formula is C29H30F2N2O2.